The minimum atomic E-state index is -3.58. The van der Waals surface area contributed by atoms with E-state index in [4.69, 9.17) is 9.47 Å². The fourth-order valence-electron chi connectivity index (χ4n) is 3.50. The maximum Gasteiger partial charge on any atom is 0.243 e. The molecule has 0 aliphatic carbocycles. The summed E-state index contributed by atoms with van der Waals surface area (Å²) in [7, 11) is 0.0238. The van der Waals surface area contributed by atoms with Crippen molar-refractivity contribution in [3.8, 4) is 5.75 Å². The molecule has 0 atom stereocenters. The molecule has 28 heavy (non-hydrogen) atoms. The second-order valence-corrected chi connectivity index (χ2v) is 9.11. The van der Waals surface area contributed by atoms with Crippen molar-refractivity contribution >= 4 is 15.9 Å². The lowest BCUT2D eigenvalue weighted by Gasteiger charge is -2.32. The Hall–Kier alpha value is -1.68. The molecule has 1 amide bonds. The number of morpholine rings is 1. The number of nitrogens with zero attached hydrogens (tertiary/aromatic N) is 3. The van der Waals surface area contributed by atoms with E-state index in [-0.39, 0.29) is 10.8 Å². The molecule has 2 aliphatic rings. The van der Waals surface area contributed by atoms with Gasteiger partial charge in [0.2, 0.25) is 15.9 Å². The SMILES string of the molecule is COc1ccc(S(=O)(=O)N2CCOCC2)cc1CCC(=O)N1CCN(C)CC1. The first-order valence-electron chi connectivity index (χ1n) is 9.63. The monoisotopic (exact) mass is 411 g/mol. The lowest BCUT2D eigenvalue weighted by molar-refractivity contribution is -0.132. The Balaban J connectivity index is 1.71. The number of likely N-dealkylation sites (N-methyl/N-ethyl adjacent to an activating group) is 1. The number of carbonyl (C=O) groups excluding carboxylic acids is 1. The standard InChI is InChI=1S/C19H29N3O5S/c1-20-7-9-21(10-8-20)19(23)6-3-16-15-17(4-5-18(16)26-2)28(24,25)22-11-13-27-14-12-22/h4-5,15H,3,6-14H2,1-2H3. The van der Waals surface area contributed by atoms with Crippen LogP contribution in [-0.2, 0) is 26.0 Å². The fourth-order valence-corrected chi connectivity index (χ4v) is 4.96. The zero-order chi connectivity index (χ0) is 20.1. The largest absolute Gasteiger partial charge is 0.496 e. The van der Waals surface area contributed by atoms with Crippen molar-refractivity contribution in [2.75, 3.05) is 66.6 Å². The van der Waals surface area contributed by atoms with Gasteiger partial charge in [-0.05, 0) is 37.2 Å². The van der Waals surface area contributed by atoms with Crippen LogP contribution in [0.25, 0.3) is 0 Å². The van der Waals surface area contributed by atoms with E-state index in [1.54, 1.807) is 25.3 Å². The Morgan fingerprint density at radius 1 is 1.11 bits per heavy atom. The lowest BCUT2D eigenvalue weighted by atomic mass is 10.1. The van der Waals surface area contributed by atoms with Gasteiger partial charge in [0.15, 0.2) is 0 Å². The molecule has 0 radical (unpaired) electrons. The third kappa shape index (κ3) is 4.83. The summed E-state index contributed by atoms with van der Waals surface area (Å²) in [4.78, 5) is 16.8. The van der Waals surface area contributed by atoms with Crippen molar-refractivity contribution in [3.63, 3.8) is 0 Å². The van der Waals surface area contributed by atoms with Gasteiger partial charge in [0.25, 0.3) is 0 Å². The van der Waals surface area contributed by atoms with Crippen molar-refractivity contribution in [1.82, 2.24) is 14.1 Å². The van der Waals surface area contributed by atoms with Crippen molar-refractivity contribution in [3.05, 3.63) is 23.8 Å². The minimum absolute atomic E-state index is 0.0941. The number of benzene rings is 1. The maximum absolute atomic E-state index is 12.9. The normalized spacial score (nSPS) is 19.6. The molecule has 2 aliphatic heterocycles. The van der Waals surface area contributed by atoms with Gasteiger partial charge in [-0.1, -0.05) is 0 Å². The van der Waals surface area contributed by atoms with Crippen LogP contribution in [0.3, 0.4) is 0 Å². The van der Waals surface area contributed by atoms with E-state index in [0.717, 1.165) is 31.7 Å². The summed E-state index contributed by atoms with van der Waals surface area (Å²) in [5.41, 5.74) is 0.735. The van der Waals surface area contributed by atoms with Crippen LogP contribution in [0.4, 0.5) is 0 Å². The van der Waals surface area contributed by atoms with Crippen LogP contribution in [0, 0.1) is 0 Å². The highest BCUT2D eigenvalue weighted by Gasteiger charge is 2.27. The molecule has 156 valence electrons. The molecule has 0 aromatic heterocycles. The average molecular weight is 412 g/mol. The first-order chi connectivity index (χ1) is 13.4. The van der Waals surface area contributed by atoms with E-state index in [1.807, 2.05) is 11.9 Å². The van der Waals surface area contributed by atoms with E-state index in [0.29, 0.717) is 44.9 Å². The molecule has 0 saturated carbocycles. The van der Waals surface area contributed by atoms with Gasteiger partial charge in [0.1, 0.15) is 5.75 Å². The molecule has 2 heterocycles. The number of aryl methyl sites for hydroxylation is 1. The van der Waals surface area contributed by atoms with E-state index in [2.05, 4.69) is 4.90 Å². The molecular weight excluding hydrogens is 382 g/mol. The Labute approximate surface area is 167 Å². The average Bonchev–Trinajstić information content (AvgIpc) is 2.73. The lowest BCUT2D eigenvalue weighted by Crippen LogP contribution is -2.47. The molecule has 2 saturated heterocycles. The van der Waals surface area contributed by atoms with Gasteiger partial charge in [-0.2, -0.15) is 4.31 Å². The molecule has 0 unspecified atom stereocenters. The van der Waals surface area contributed by atoms with Gasteiger partial charge in [0, 0.05) is 45.7 Å². The van der Waals surface area contributed by atoms with Crippen LogP contribution in [0.2, 0.25) is 0 Å². The summed E-state index contributed by atoms with van der Waals surface area (Å²) in [6, 6.07) is 4.87. The van der Waals surface area contributed by atoms with Crippen molar-refractivity contribution in [2.45, 2.75) is 17.7 Å². The van der Waals surface area contributed by atoms with Crippen molar-refractivity contribution < 1.29 is 22.7 Å². The van der Waals surface area contributed by atoms with E-state index >= 15 is 0 Å². The van der Waals surface area contributed by atoms with Gasteiger partial charge in [-0.25, -0.2) is 8.42 Å². The van der Waals surface area contributed by atoms with Gasteiger partial charge < -0.3 is 19.3 Å². The number of rotatable bonds is 6. The van der Waals surface area contributed by atoms with Crippen LogP contribution in [0.15, 0.2) is 23.1 Å². The number of hydrogen-bond donors (Lipinski definition) is 0. The summed E-state index contributed by atoms with van der Waals surface area (Å²) in [5.74, 6) is 0.698. The van der Waals surface area contributed by atoms with Gasteiger partial charge in [-0.3, -0.25) is 4.79 Å². The smallest absolute Gasteiger partial charge is 0.243 e. The van der Waals surface area contributed by atoms with Crippen LogP contribution < -0.4 is 4.74 Å². The Kier molecular flexibility index (Phi) is 6.92. The van der Waals surface area contributed by atoms with E-state index in [1.165, 1.54) is 4.31 Å². The maximum atomic E-state index is 12.9. The second kappa shape index (κ2) is 9.21. The van der Waals surface area contributed by atoms with Gasteiger partial charge in [-0.15, -0.1) is 0 Å². The summed E-state index contributed by atoms with van der Waals surface area (Å²) in [6.07, 6.45) is 0.780. The highest BCUT2D eigenvalue weighted by atomic mass is 32.2. The first kappa shape index (κ1) is 21.0. The summed E-state index contributed by atoms with van der Waals surface area (Å²) in [5, 5.41) is 0. The first-order valence-corrected chi connectivity index (χ1v) is 11.1. The molecule has 0 bridgehead atoms. The van der Waals surface area contributed by atoms with Crippen molar-refractivity contribution in [1.29, 1.82) is 0 Å². The third-order valence-corrected chi connectivity index (χ3v) is 7.22. The molecule has 8 nitrogen and oxygen atoms in total. The third-order valence-electron chi connectivity index (χ3n) is 5.32. The molecule has 0 spiro atoms. The molecule has 1 aromatic rings. The van der Waals surface area contributed by atoms with E-state index < -0.39 is 10.0 Å². The van der Waals surface area contributed by atoms with Gasteiger partial charge >= 0.3 is 0 Å². The predicted molar refractivity (Wildman–Crippen MR) is 105 cm³/mol. The number of ether oxygens (including phenoxy) is 2. The predicted octanol–water partition coefficient (Wildman–Crippen LogP) is 0.423. The molecule has 2 fully saturated rings. The molecular formula is C19H29N3O5S. The Morgan fingerprint density at radius 2 is 1.79 bits per heavy atom. The van der Waals surface area contributed by atoms with Crippen molar-refractivity contribution in [2.24, 2.45) is 0 Å². The van der Waals surface area contributed by atoms with Gasteiger partial charge in [0.05, 0.1) is 25.2 Å². The van der Waals surface area contributed by atoms with E-state index in [9.17, 15) is 13.2 Å². The molecule has 9 heteroatoms. The van der Waals surface area contributed by atoms with Crippen LogP contribution >= 0.6 is 0 Å². The Morgan fingerprint density at radius 3 is 2.43 bits per heavy atom. The summed E-state index contributed by atoms with van der Waals surface area (Å²) in [6.45, 7) is 4.74. The molecule has 0 N–H and O–H groups in total. The number of sulfonamides is 1. The number of methoxy groups -OCH3 is 1. The minimum Gasteiger partial charge on any atom is -0.496 e. The number of amides is 1. The molecule has 1 aromatic carbocycles. The van der Waals surface area contributed by atoms with Crippen LogP contribution in [-0.4, -0.2) is 95.1 Å². The highest BCUT2D eigenvalue weighted by molar-refractivity contribution is 7.89. The number of carbonyl (C=O) groups is 1. The quantitative estimate of drug-likeness (QED) is 0.675. The second-order valence-electron chi connectivity index (χ2n) is 7.17. The number of piperazine rings is 1. The fraction of sp³-hybridized carbons (Fsp3) is 0.632. The topological polar surface area (TPSA) is 79.4 Å². The number of hydrogen-bond acceptors (Lipinski definition) is 6. The highest BCUT2D eigenvalue weighted by Crippen LogP contribution is 2.26. The zero-order valence-electron chi connectivity index (χ0n) is 16.6. The van der Waals surface area contributed by atoms with Crippen LogP contribution in [0.1, 0.15) is 12.0 Å². The van der Waals surface area contributed by atoms with Crippen LogP contribution in [0.5, 0.6) is 5.75 Å². The molecule has 3 rings (SSSR count). The summed E-state index contributed by atoms with van der Waals surface area (Å²) >= 11 is 0. The Bertz CT molecular complexity index is 785. The summed E-state index contributed by atoms with van der Waals surface area (Å²) < 4.78 is 37.9. The zero-order valence-corrected chi connectivity index (χ0v) is 17.4.